The minimum Gasteiger partial charge on any atom is -0.396 e. The Labute approximate surface area is 191 Å². The minimum atomic E-state index is -0.0714. The number of rotatable bonds is 19. The summed E-state index contributed by atoms with van der Waals surface area (Å²) in [7, 11) is 0. The first kappa shape index (κ1) is 27.3. The van der Waals surface area contributed by atoms with Gasteiger partial charge in [0.15, 0.2) is 5.78 Å². The van der Waals surface area contributed by atoms with Crippen molar-refractivity contribution in [3.8, 4) is 0 Å². The number of Topliss-reactive ketones (excluding diaryl/α,β-unsaturated/α-hetero) is 1. The molecule has 0 spiro atoms. The van der Waals surface area contributed by atoms with Crippen LogP contribution in [0.25, 0.3) is 0 Å². The molecule has 0 saturated heterocycles. The van der Waals surface area contributed by atoms with Gasteiger partial charge in [0.2, 0.25) is 0 Å². The Kier molecular flexibility index (Phi) is 16.2. The van der Waals surface area contributed by atoms with E-state index in [2.05, 4.69) is 15.5 Å². The van der Waals surface area contributed by atoms with Crippen LogP contribution in [0.2, 0.25) is 0 Å². The molecule has 0 aliphatic heterocycles. The normalized spacial score (nSPS) is 11.9. The highest BCUT2D eigenvalue weighted by atomic mass is 16.6. The van der Waals surface area contributed by atoms with Crippen molar-refractivity contribution in [3.05, 3.63) is 35.4 Å². The van der Waals surface area contributed by atoms with Crippen LogP contribution < -0.4 is 5.73 Å². The second-order valence-electron chi connectivity index (χ2n) is 7.49. The summed E-state index contributed by atoms with van der Waals surface area (Å²) < 4.78 is 0. The number of carbonyl (C=O) groups is 1. The number of ketones is 1. The third-order valence-electron chi connectivity index (χ3n) is 4.61. The molecule has 8 nitrogen and oxygen atoms in total. The van der Waals surface area contributed by atoms with Gasteiger partial charge in [-0.2, -0.15) is 0 Å². The monoisotopic (exact) mass is 446 g/mol. The van der Waals surface area contributed by atoms with Crippen LogP contribution in [-0.4, -0.2) is 50.3 Å². The highest BCUT2D eigenvalue weighted by molar-refractivity contribution is 6.37. The molecule has 178 valence electrons. The van der Waals surface area contributed by atoms with Crippen molar-refractivity contribution in [1.29, 1.82) is 0 Å². The summed E-state index contributed by atoms with van der Waals surface area (Å²) in [5.41, 5.74) is 7.79. The Morgan fingerprint density at radius 2 is 1.19 bits per heavy atom. The summed E-state index contributed by atoms with van der Waals surface area (Å²) in [5, 5.41) is 11.8. The number of hydrogen-bond acceptors (Lipinski definition) is 8. The molecule has 0 unspecified atom stereocenters. The molecule has 0 aromatic heterocycles. The smallest absolute Gasteiger partial charge is 0.177 e. The fraction of sp³-hybridized carbons (Fsp3) is 0.583. The van der Waals surface area contributed by atoms with Crippen LogP contribution in [-0.2, 0) is 19.3 Å². The maximum absolute atomic E-state index is 11.0. The van der Waals surface area contributed by atoms with E-state index in [0.29, 0.717) is 25.5 Å². The number of nitrogens with zero attached hydrogens (tertiary/aromatic N) is 3. The summed E-state index contributed by atoms with van der Waals surface area (Å²) >= 11 is 0. The maximum Gasteiger partial charge on any atom is 0.177 e. The lowest BCUT2D eigenvalue weighted by molar-refractivity contribution is -0.111. The van der Waals surface area contributed by atoms with E-state index in [0.717, 1.165) is 69.0 Å². The molecule has 8 heteroatoms. The lowest BCUT2D eigenvalue weighted by Crippen LogP contribution is -2.05. The van der Waals surface area contributed by atoms with Crippen molar-refractivity contribution in [2.24, 2.45) is 21.2 Å². The van der Waals surface area contributed by atoms with Crippen molar-refractivity contribution in [1.82, 2.24) is 0 Å². The fourth-order valence-electron chi connectivity index (χ4n) is 2.53. The van der Waals surface area contributed by atoms with E-state index in [-0.39, 0.29) is 5.78 Å². The highest BCUT2D eigenvalue weighted by Crippen LogP contribution is 2.03. The molecule has 0 aliphatic rings. The first-order valence-electron chi connectivity index (χ1n) is 11.4. The largest absolute Gasteiger partial charge is 0.396 e. The molecule has 1 rings (SSSR count). The average molecular weight is 447 g/mol. The van der Waals surface area contributed by atoms with Gasteiger partial charge in [0.25, 0.3) is 0 Å². The molecule has 0 radical (unpaired) electrons. The quantitative estimate of drug-likeness (QED) is 0.192. The number of hydrogen-bond donors (Lipinski definition) is 1. The van der Waals surface area contributed by atoms with Crippen LogP contribution >= 0.6 is 0 Å². The predicted octanol–water partition coefficient (Wildman–Crippen LogP) is 4.45. The summed E-state index contributed by atoms with van der Waals surface area (Å²) in [6, 6.07) is 7.83. The molecular formula is C24H38N4O4. The lowest BCUT2D eigenvalue weighted by Gasteiger charge is -2.02. The van der Waals surface area contributed by atoms with E-state index in [1.165, 1.54) is 6.92 Å². The molecule has 0 fully saturated rings. The van der Waals surface area contributed by atoms with Crippen molar-refractivity contribution >= 4 is 23.9 Å². The Hall–Kier alpha value is -2.74. The summed E-state index contributed by atoms with van der Waals surface area (Å²) in [6.07, 6.45) is 11.6. The topological polar surface area (TPSA) is 108 Å². The zero-order valence-electron chi connectivity index (χ0n) is 19.5. The average Bonchev–Trinajstić information content (AvgIpc) is 2.79. The summed E-state index contributed by atoms with van der Waals surface area (Å²) in [4.78, 5) is 26.7. The van der Waals surface area contributed by atoms with Gasteiger partial charge < -0.3 is 20.2 Å². The van der Waals surface area contributed by atoms with Crippen LogP contribution in [0.5, 0.6) is 0 Å². The molecule has 0 saturated carbocycles. The second-order valence-corrected chi connectivity index (χ2v) is 7.49. The first-order chi connectivity index (χ1) is 15.6. The van der Waals surface area contributed by atoms with Gasteiger partial charge in [0.05, 0.1) is 12.4 Å². The summed E-state index contributed by atoms with van der Waals surface area (Å²) in [5.74, 6) is -0.0714. The van der Waals surface area contributed by atoms with Crippen LogP contribution in [0, 0.1) is 0 Å². The zero-order valence-corrected chi connectivity index (χ0v) is 19.5. The molecule has 2 N–H and O–H groups in total. The van der Waals surface area contributed by atoms with Crippen LogP contribution in [0.4, 0.5) is 0 Å². The standard InChI is InChI=1S/C24H38N4O4/c1-21(22(2)29)28-32-18-10-6-5-9-17-31-27-20-24-13-11-23(12-14-24)19-26-30-16-8-4-3-7-15-25/h11-14,19-20H,3-10,15-18,25H2,1-2H3/b26-19-,27-20+,28-21+. The van der Waals surface area contributed by atoms with Gasteiger partial charge in [0, 0.05) is 6.92 Å². The van der Waals surface area contributed by atoms with Crippen LogP contribution in [0.3, 0.4) is 0 Å². The van der Waals surface area contributed by atoms with Gasteiger partial charge in [-0.05, 0) is 69.5 Å². The highest BCUT2D eigenvalue weighted by Gasteiger charge is 1.98. The third kappa shape index (κ3) is 15.1. The van der Waals surface area contributed by atoms with Crippen LogP contribution in [0.1, 0.15) is 76.3 Å². The van der Waals surface area contributed by atoms with E-state index < -0.39 is 0 Å². The summed E-state index contributed by atoms with van der Waals surface area (Å²) in [6.45, 7) is 5.60. The molecule has 0 heterocycles. The number of carbonyl (C=O) groups excluding carboxylic acids is 1. The Morgan fingerprint density at radius 1 is 0.750 bits per heavy atom. The zero-order chi connectivity index (χ0) is 23.3. The maximum atomic E-state index is 11.0. The van der Waals surface area contributed by atoms with Gasteiger partial charge in [0.1, 0.15) is 25.5 Å². The second kappa shape index (κ2) is 19.0. The minimum absolute atomic E-state index is 0.0714. The van der Waals surface area contributed by atoms with E-state index in [1.807, 2.05) is 24.3 Å². The Balaban J connectivity index is 2.05. The van der Waals surface area contributed by atoms with Crippen molar-refractivity contribution in [2.45, 2.75) is 65.2 Å². The molecular weight excluding hydrogens is 408 g/mol. The lowest BCUT2D eigenvalue weighted by atomic mass is 10.2. The third-order valence-corrected chi connectivity index (χ3v) is 4.61. The van der Waals surface area contributed by atoms with Gasteiger partial charge >= 0.3 is 0 Å². The van der Waals surface area contributed by atoms with Crippen molar-refractivity contribution in [2.75, 3.05) is 26.4 Å². The molecule has 0 aliphatic carbocycles. The van der Waals surface area contributed by atoms with E-state index in [1.54, 1.807) is 19.4 Å². The van der Waals surface area contributed by atoms with Gasteiger partial charge in [-0.1, -0.05) is 46.2 Å². The molecule has 0 amide bonds. The molecule has 32 heavy (non-hydrogen) atoms. The Morgan fingerprint density at radius 3 is 1.62 bits per heavy atom. The number of benzene rings is 1. The number of nitrogens with two attached hydrogens (primary N) is 1. The van der Waals surface area contributed by atoms with E-state index in [9.17, 15) is 4.79 Å². The van der Waals surface area contributed by atoms with E-state index in [4.69, 9.17) is 20.2 Å². The number of oxime groups is 3. The van der Waals surface area contributed by atoms with Gasteiger partial charge in [-0.3, -0.25) is 4.79 Å². The fourth-order valence-corrected chi connectivity index (χ4v) is 2.53. The SMILES string of the molecule is CC(=O)/C(C)=N/OCCCCCCO/N=C/c1ccc(/C=N\OCCCCCCN)cc1. The van der Waals surface area contributed by atoms with Crippen molar-refractivity contribution in [3.63, 3.8) is 0 Å². The van der Waals surface area contributed by atoms with E-state index >= 15 is 0 Å². The van der Waals surface area contributed by atoms with Gasteiger partial charge in [-0.15, -0.1) is 0 Å². The number of unbranched alkanes of at least 4 members (excludes halogenated alkanes) is 6. The van der Waals surface area contributed by atoms with Crippen molar-refractivity contribution < 1.29 is 19.3 Å². The van der Waals surface area contributed by atoms with Gasteiger partial charge in [-0.25, -0.2) is 0 Å². The Bertz CT molecular complexity index is 702. The molecule has 0 bridgehead atoms. The molecule has 1 aromatic carbocycles. The first-order valence-corrected chi connectivity index (χ1v) is 11.4. The molecule has 1 aromatic rings. The van der Waals surface area contributed by atoms with Crippen LogP contribution in [0.15, 0.2) is 39.7 Å². The predicted molar refractivity (Wildman–Crippen MR) is 129 cm³/mol. The molecule has 0 atom stereocenters.